The highest BCUT2D eigenvalue weighted by molar-refractivity contribution is 7.88. The van der Waals surface area contributed by atoms with E-state index in [1.807, 2.05) is 0 Å². The molecule has 120 valence electrons. The second-order valence-electron chi connectivity index (χ2n) is 4.44. The predicted molar refractivity (Wildman–Crippen MR) is 77.6 cm³/mol. The van der Waals surface area contributed by atoms with E-state index in [1.165, 1.54) is 23.4 Å². The van der Waals surface area contributed by atoms with Gasteiger partial charge in [0.2, 0.25) is 10.0 Å². The molecule has 1 amide bonds. The van der Waals surface area contributed by atoms with Gasteiger partial charge in [-0.2, -0.15) is 4.31 Å². The Bertz CT molecular complexity index is 535. The molecule has 9 nitrogen and oxygen atoms in total. The summed E-state index contributed by atoms with van der Waals surface area (Å²) in [5.74, 6) is -0.372. The van der Waals surface area contributed by atoms with Gasteiger partial charge in [0.15, 0.2) is 5.71 Å². The third-order valence-corrected chi connectivity index (χ3v) is 4.25. The molecule has 0 unspecified atom stereocenters. The summed E-state index contributed by atoms with van der Waals surface area (Å²) in [5, 5.41) is 7.33. The first kappa shape index (κ1) is 17.4. The highest BCUT2D eigenvalue weighted by Crippen LogP contribution is 2.07. The van der Waals surface area contributed by atoms with Crippen molar-refractivity contribution in [2.75, 3.05) is 46.7 Å². The number of carbonyl (C=O) groups excluding carboxylic acids is 1. The molecule has 0 aromatic rings. The number of carbonyl (C=O) groups is 1. The molecule has 1 aliphatic heterocycles. The number of nitrogens with zero attached hydrogens (tertiary/aromatic N) is 4. The van der Waals surface area contributed by atoms with Crippen molar-refractivity contribution in [2.24, 2.45) is 10.3 Å². The topological polar surface area (TPSA) is 101 Å². The molecule has 0 aromatic heterocycles. The SMILES string of the molecule is CO/N=C(C)/C(=N\OC)C(=O)N1CCN(S(C)(=O)=O)CC1. The molecule has 21 heavy (non-hydrogen) atoms. The first-order valence-corrected chi connectivity index (χ1v) is 8.09. The maximum atomic E-state index is 12.4. The maximum Gasteiger partial charge on any atom is 0.278 e. The van der Waals surface area contributed by atoms with Gasteiger partial charge in [0.25, 0.3) is 5.91 Å². The van der Waals surface area contributed by atoms with Gasteiger partial charge < -0.3 is 14.6 Å². The number of amides is 1. The summed E-state index contributed by atoms with van der Waals surface area (Å²) < 4.78 is 24.2. The van der Waals surface area contributed by atoms with E-state index in [9.17, 15) is 13.2 Å². The van der Waals surface area contributed by atoms with Crippen molar-refractivity contribution in [2.45, 2.75) is 6.92 Å². The van der Waals surface area contributed by atoms with Gasteiger partial charge in [-0.3, -0.25) is 4.79 Å². The molecule has 0 radical (unpaired) electrons. The number of piperazine rings is 1. The summed E-state index contributed by atoms with van der Waals surface area (Å²) in [6, 6.07) is 0. The minimum absolute atomic E-state index is 0.0344. The Morgan fingerprint density at radius 1 is 1.05 bits per heavy atom. The van der Waals surface area contributed by atoms with Crippen LogP contribution in [0.25, 0.3) is 0 Å². The Morgan fingerprint density at radius 2 is 1.57 bits per heavy atom. The highest BCUT2D eigenvalue weighted by Gasteiger charge is 2.29. The molecule has 0 aliphatic carbocycles. The lowest BCUT2D eigenvalue weighted by Crippen LogP contribution is -2.52. The second-order valence-corrected chi connectivity index (χ2v) is 6.42. The van der Waals surface area contributed by atoms with Crippen molar-refractivity contribution in [1.29, 1.82) is 0 Å². The molecule has 1 heterocycles. The third kappa shape index (κ3) is 4.67. The third-order valence-electron chi connectivity index (χ3n) is 2.95. The fourth-order valence-corrected chi connectivity index (χ4v) is 2.73. The van der Waals surface area contributed by atoms with Gasteiger partial charge >= 0.3 is 0 Å². The van der Waals surface area contributed by atoms with Crippen molar-refractivity contribution in [3.05, 3.63) is 0 Å². The molecule has 1 rings (SSSR count). The van der Waals surface area contributed by atoms with E-state index in [0.29, 0.717) is 0 Å². The van der Waals surface area contributed by atoms with E-state index in [4.69, 9.17) is 0 Å². The molecule has 0 bridgehead atoms. The minimum atomic E-state index is -3.23. The lowest BCUT2D eigenvalue weighted by molar-refractivity contribution is -0.125. The average Bonchev–Trinajstić information content (AvgIpc) is 2.43. The zero-order valence-corrected chi connectivity index (χ0v) is 13.4. The molecule has 0 aromatic carbocycles. The van der Waals surface area contributed by atoms with Crippen LogP contribution in [0.1, 0.15) is 6.92 Å². The van der Waals surface area contributed by atoms with E-state index in [-0.39, 0.29) is 43.5 Å². The maximum absolute atomic E-state index is 12.4. The summed E-state index contributed by atoms with van der Waals surface area (Å²) in [7, 11) is -0.541. The fraction of sp³-hybridized carbons (Fsp3) is 0.727. The predicted octanol–water partition coefficient (Wildman–Crippen LogP) is -0.885. The van der Waals surface area contributed by atoms with Crippen molar-refractivity contribution < 1.29 is 22.9 Å². The standard InChI is InChI=1S/C11H20N4O5S/c1-9(12-19-2)10(13-20-3)11(16)14-5-7-15(8-6-14)21(4,17)18/h5-8H2,1-4H3/b12-9+,13-10+. The number of oxime groups is 2. The van der Waals surface area contributed by atoms with Crippen LogP contribution in [-0.2, 0) is 24.5 Å². The van der Waals surface area contributed by atoms with Gasteiger partial charge in [-0.05, 0) is 6.92 Å². The number of hydrogen-bond acceptors (Lipinski definition) is 7. The molecule has 0 spiro atoms. The van der Waals surface area contributed by atoms with E-state index >= 15 is 0 Å². The first-order chi connectivity index (χ1) is 9.81. The Kier molecular flexibility index (Phi) is 6.09. The van der Waals surface area contributed by atoms with Crippen LogP contribution < -0.4 is 0 Å². The Morgan fingerprint density at radius 3 is 2.00 bits per heavy atom. The molecule has 1 saturated heterocycles. The number of rotatable bonds is 5. The second kappa shape index (κ2) is 7.36. The quantitative estimate of drug-likeness (QED) is 0.483. The van der Waals surface area contributed by atoms with Crippen LogP contribution in [0.4, 0.5) is 0 Å². The van der Waals surface area contributed by atoms with E-state index in [0.717, 1.165) is 6.26 Å². The van der Waals surface area contributed by atoms with Gasteiger partial charge in [-0.15, -0.1) is 0 Å². The average molecular weight is 320 g/mol. The summed E-state index contributed by atoms with van der Waals surface area (Å²) in [6.07, 6.45) is 1.15. The Balaban J connectivity index is 2.80. The molecule has 1 fully saturated rings. The molecule has 0 atom stereocenters. The first-order valence-electron chi connectivity index (χ1n) is 6.25. The van der Waals surface area contributed by atoms with E-state index in [1.54, 1.807) is 6.92 Å². The van der Waals surface area contributed by atoms with Gasteiger partial charge in [0.05, 0.1) is 6.26 Å². The van der Waals surface area contributed by atoms with Crippen LogP contribution in [-0.4, -0.2) is 81.6 Å². The molecule has 0 saturated carbocycles. The van der Waals surface area contributed by atoms with E-state index < -0.39 is 10.0 Å². The van der Waals surface area contributed by atoms with Crippen LogP contribution in [0.15, 0.2) is 10.3 Å². The molecule has 10 heteroatoms. The summed E-state index contributed by atoms with van der Waals surface area (Å²) in [4.78, 5) is 23.2. The van der Waals surface area contributed by atoms with Gasteiger partial charge in [0.1, 0.15) is 19.9 Å². The monoisotopic (exact) mass is 320 g/mol. The zero-order valence-electron chi connectivity index (χ0n) is 12.6. The molecular weight excluding hydrogens is 300 g/mol. The summed E-state index contributed by atoms with van der Waals surface area (Å²) in [6.45, 7) is 2.66. The number of hydrogen-bond donors (Lipinski definition) is 0. The van der Waals surface area contributed by atoms with Gasteiger partial charge in [-0.25, -0.2) is 8.42 Å². The fourth-order valence-electron chi connectivity index (χ4n) is 1.90. The minimum Gasteiger partial charge on any atom is -0.399 e. The Labute approximate surface area is 124 Å². The van der Waals surface area contributed by atoms with E-state index in [2.05, 4.69) is 20.0 Å². The highest BCUT2D eigenvalue weighted by atomic mass is 32.2. The largest absolute Gasteiger partial charge is 0.399 e. The van der Waals surface area contributed by atoms with Gasteiger partial charge in [-0.1, -0.05) is 10.3 Å². The molecule has 0 N–H and O–H groups in total. The van der Waals surface area contributed by atoms with Crippen LogP contribution in [0.3, 0.4) is 0 Å². The van der Waals surface area contributed by atoms with Crippen LogP contribution in [0, 0.1) is 0 Å². The normalized spacial score (nSPS) is 18.6. The van der Waals surface area contributed by atoms with Crippen molar-refractivity contribution in [3.63, 3.8) is 0 Å². The lowest BCUT2D eigenvalue weighted by atomic mass is 10.2. The molecular formula is C11H20N4O5S. The van der Waals surface area contributed by atoms with Gasteiger partial charge in [0, 0.05) is 26.2 Å². The zero-order chi connectivity index (χ0) is 16.0. The van der Waals surface area contributed by atoms with Crippen LogP contribution >= 0.6 is 0 Å². The molecule has 1 aliphatic rings. The van der Waals surface area contributed by atoms with Crippen LogP contribution in [0.2, 0.25) is 0 Å². The van der Waals surface area contributed by atoms with Crippen LogP contribution in [0.5, 0.6) is 0 Å². The van der Waals surface area contributed by atoms with Crippen molar-refractivity contribution in [3.8, 4) is 0 Å². The number of sulfonamides is 1. The van der Waals surface area contributed by atoms with Crippen molar-refractivity contribution in [1.82, 2.24) is 9.21 Å². The smallest absolute Gasteiger partial charge is 0.278 e. The van der Waals surface area contributed by atoms with Crippen molar-refractivity contribution >= 4 is 27.4 Å². The lowest BCUT2D eigenvalue weighted by Gasteiger charge is -2.33. The summed E-state index contributed by atoms with van der Waals surface area (Å²) >= 11 is 0. The Hall–Kier alpha value is -1.68. The summed E-state index contributed by atoms with van der Waals surface area (Å²) in [5.41, 5.74) is 0.321.